The first-order chi connectivity index (χ1) is 15.7. The molecule has 4 rings (SSSR count). The van der Waals surface area contributed by atoms with E-state index in [0.717, 1.165) is 6.07 Å². The molecule has 0 fully saturated rings. The van der Waals surface area contributed by atoms with Crippen LogP contribution in [0.3, 0.4) is 0 Å². The van der Waals surface area contributed by atoms with Crippen molar-refractivity contribution in [3.8, 4) is 5.75 Å². The van der Waals surface area contributed by atoms with Crippen molar-refractivity contribution in [2.24, 2.45) is 7.05 Å². The Morgan fingerprint density at radius 1 is 1.12 bits per heavy atom. The number of benzene rings is 2. The molecular formula is C22H18F3N5O3. The number of halogens is 3. The Hall–Kier alpha value is -4.15. The quantitative estimate of drug-likeness (QED) is 0.463. The molecule has 0 radical (unpaired) electrons. The molecule has 2 heterocycles. The summed E-state index contributed by atoms with van der Waals surface area (Å²) >= 11 is 0. The molecule has 0 aliphatic heterocycles. The van der Waals surface area contributed by atoms with Gasteiger partial charge in [-0.05, 0) is 35.9 Å². The standard InChI is InChI=1S/C22H18F3N5O3/c1-30-18-5-3-15(7-17(18)29-21(30)32)20(31)28-10-13-2-4-16(22(23,24)25)19(6-13)33-11-14-8-26-12-27-9-14/h2-9,12H,10-11H2,1H3,(H,28,31)(H,29,32). The molecule has 0 saturated carbocycles. The summed E-state index contributed by atoms with van der Waals surface area (Å²) in [5, 5.41) is 2.67. The number of rotatable bonds is 6. The third kappa shape index (κ3) is 4.86. The van der Waals surface area contributed by atoms with Gasteiger partial charge in [-0.25, -0.2) is 14.8 Å². The van der Waals surface area contributed by atoms with Crippen LogP contribution in [0.25, 0.3) is 11.0 Å². The van der Waals surface area contributed by atoms with E-state index < -0.39 is 17.6 Å². The minimum atomic E-state index is -4.60. The number of nitrogens with one attached hydrogen (secondary N) is 2. The average molecular weight is 457 g/mol. The van der Waals surface area contributed by atoms with E-state index in [-0.39, 0.29) is 24.6 Å². The fraction of sp³-hybridized carbons (Fsp3) is 0.182. The molecule has 0 spiro atoms. The lowest BCUT2D eigenvalue weighted by Crippen LogP contribution is -2.23. The van der Waals surface area contributed by atoms with E-state index in [1.54, 1.807) is 19.2 Å². The maximum absolute atomic E-state index is 13.4. The predicted molar refractivity (Wildman–Crippen MR) is 113 cm³/mol. The molecule has 0 aliphatic rings. The van der Waals surface area contributed by atoms with Crippen LogP contribution in [-0.2, 0) is 26.4 Å². The molecule has 170 valence electrons. The van der Waals surface area contributed by atoms with Crippen LogP contribution in [-0.4, -0.2) is 25.4 Å². The highest BCUT2D eigenvalue weighted by Crippen LogP contribution is 2.37. The summed E-state index contributed by atoms with van der Waals surface area (Å²) in [6.07, 6.45) is -0.407. The zero-order chi connectivity index (χ0) is 23.6. The molecule has 4 aromatic rings. The molecule has 0 saturated heterocycles. The second kappa shape index (κ2) is 8.77. The summed E-state index contributed by atoms with van der Waals surface area (Å²) in [7, 11) is 1.61. The van der Waals surface area contributed by atoms with Gasteiger partial charge in [-0.3, -0.25) is 9.36 Å². The molecule has 2 N–H and O–H groups in total. The summed E-state index contributed by atoms with van der Waals surface area (Å²) in [5.41, 5.74) is 1.16. The largest absolute Gasteiger partial charge is 0.488 e. The van der Waals surface area contributed by atoms with Gasteiger partial charge in [-0.1, -0.05) is 6.07 Å². The molecule has 0 unspecified atom stereocenters. The number of amides is 1. The first-order valence-electron chi connectivity index (χ1n) is 9.76. The fourth-order valence-electron chi connectivity index (χ4n) is 3.26. The molecule has 2 aromatic heterocycles. The van der Waals surface area contributed by atoms with E-state index in [1.165, 1.54) is 41.5 Å². The summed E-state index contributed by atoms with van der Waals surface area (Å²) < 4.78 is 47.0. The van der Waals surface area contributed by atoms with Crippen LogP contribution in [0.4, 0.5) is 13.2 Å². The summed E-state index contributed by atoms with van der Waals surface area (Å²) in [6.45, 7) is -0.167. The lowest BCUT2D eigenvalue weighted by atomic mass is 10.1. The first kappa shape index (κ1) is 22.1. The number of hydrogen-bond donors (Lipinski definition) is 2. The molecule has 2 aromatic carbocycles. The number of fused-ring (bicyclic) bond motifs is 1. The van der Waals surface area contributed by atoms with Crippen molar-refractivity contribution >= 4 is 16.9 Å². The van der Waals surface area contributed by atoms with Crippen LogP contribution < -0.4 is 15.7 Å². The SMILES string of the molecule is Cn1c(=O)[nH]c2cc(C(=O)NCc3ccc(C(F)(F)F)c(OCc4cncnc4)c3)ccc21. The summed E-state index contributed by atoms with van der Waals surface area (Å²) in [5.74, 6) is -0.799. The zero-order valence-electron chi connectivity index (χ0n) is 17.3. The van der Waals surface area contributed by atoms with E-state index in [9.17, 15) is 22.8 Å². The minimum Gasteiger partial charge on any atom is -0.488 e. The van der Waals surface area contributed by atoms with Crippen molar-refractivity contribution in [1.29, 1.82) is 0 Å². The Kier molecular flexibility index (Phi) is 5.86. The van der Waals surface area contributed by atoms with Crippen LogP contribution in [0, 0.1) is 0 Å². The molecule has 1 amide bonds. The van der Waals surface area contributed by atoms with Gasteiger partial charge < -0.3 is 15.0 Å². The second-order valence-electron chi connectivity index (χ2n) is 7.27. The van der Waals surface area contributed by atoms with E-state index in [1.807, 2.05) is 0 Å². The van der Waals surface area contributed by atoms with Gasteiger partial charge in [0.15, 0.2) is 0 Å². The smallest absolute Gasteiger partial charge is 0.419 e. The van der Waals surface area contributed by atoms with E-state index in [0.29, 0.717) is 27.7 Å². The predicted octanol–water partition coefficient (Wildman–Crippen LogP) is 3.18. The lowest BCUT2D eigenvalue weighted by Gasteiger charge is -2.15. The summed E-state index contributed by atoms with van der Waals surface area (Å²) in [4.78, 5) is 34.5. The molecular weight excluding hydrogens is 439 g/mol. The van der Waals surface area contributed by atoms with Crippen LogP contribution in [0.15, 0.2) is 59.9 Å². The van der Waals surface area contributed by atoms with Crippen molar-refractivity contribution in [1.82, 2.24) is 24.8 Å². The molecule has 0 aliphatic carbocycles. The maximum atomic E-state index is 13.4. The van der Waals surface area contributed by atoms with Gasteiger partial charge in [-0.15, -0.1) is 0 Å². The van der Waals surface area contributed by atoms with Crippen molar-refractivity contribution in [3.63, 3.8) is 0 Å². The van der Waals surface area contributed by atoms with Gasteiger partial charge in [0.25, 0.3) is 5.91 Å². The fourth-order valence-corrected chi connectivity index (χ4v) is 3.26. The normalized spacial score (nSPS) is 11.5. The van der Waals surface area contributed by atoms with E-state index >= 15 is 0 Å². The monoisotopic (exact) mass is 457 g/mol. The zero-order valence-corrected chi connectivity index (χ0v) is 17.3. The molecule has 0 atom stereocenters. The van der Waals surface area contributed by atoms with Gasteiger partial charge in [0.05, 0.1) is 16.6 Å². The van der Waals surface area contributed by atoms with E-state index in [4.69, 9.17) is 4.74 Å². The number of hydrogen-bond acceptors (Lipinski definition) is 5. The van der Waals surface area contributed by atoms with E-state index in [2.05, 4.69) is 20.3 Å². The number of carbonyl (C=O) groups is 1. The topological polar surface area (TPSA) is 102 Å². The van der Waals surface area contributed by atoms with Gasteiger partial charge in [-0.2, -0.15) is 13.2 Å². The van der Waals surface area contributed by atoms with Crippen LogP contribution in [0.5, 0.6) is 5.75 Å². The third-order valence-electron chi connectivity index (χ3n) is 4.98. The number of aromatic amines is 1. The number of imidazole rings is 1. The highest BCUT2D eigenvalue weighted by Gasteiger charge is 2.34. The summed E-state index contributed by atoms with van der Waals surface area (Å²) in [6, 6.07) is 8.17. The van der Waals surface area contributed by atoms with Crippen LogP contribution >= 0.6 is 0 Å². The van der Waals surface area contributed by atoms with Gasteiger partial charge >= 0.3 is 11.9 Å². The first-order valence-corrected chi connectivity index (χ1v) is 9.76. The average Bonchev–Trinajstić information content (AvgIpc) is 3.08. The molecule has 33 heavy (non-hydrogen) atoms. The van der Waals surface area contributed by atoms with Crippen molar-refractivity contribution in [2.75, 3.05) is 0 Å². The van der Waals surface area contributed by atoms with Crippen LogP contribution in [0.2, 0.25) is 0 Å². The Morgan fingerprint density at radius 2 is 1.88 bits per heavy atom. The van der Waals surface area contributed by atoms with Crippen molar-refractivity contribution in [3.05, 3.63) is 87.9 Å². The number of aryl methyl sites for hydroxylation is 1. The number of ether oxygens (including phenoxy) is 1. The lowest BCUT2D eigenvalue weighted by molar-refractivity contribution is -0.139. The van der Waals surface area contributed by atoms with Crippen molar-refractivity contribution < 1.29 is 22.7 Å². The highest BCUT2D eigenvalue weighted by atomic mass is 19.4. The van der Waals surface area contributed by atoms with Crippen LogP contribution in [0.1, 0.15) is 27.0 Å². The number of nitrogens with zero attached hydrogens (tertiary/aromatic N) is 3. The van der Waals surface area contributed by atoms with Gasteiger partial charge in [0.2, 0.25) is 0 Å². The number of alkyl halides is 3. The Morgan fingerprint density at radius 3 is 2.61 bits per heavy atom. The molecule has 8 nitrogen and oxygen atoms in total. The molecule has 11 heteroatoms. The Balaban J connectivity index is 1.50. The Labute approximate surface area is 185 Å². The van der Waals surface area contributed by atoms with Crippen molar-refractivity contribution in [2.45, 2.75) is 19.3 Å². The Bertz CT molecular complexity index is 1360. The molecule has 0 bridgehead atoms. The number of carbonyl (C=O) groups excluding carboxylic acids is 1. The third-order valence-corrected chi connectivity index (χ3v) is 4.98. The highest BCUT2D eigenvalue weighted by molar-refractivity contribution is 5.97. The number of H-pyrrole nitrogens is 1. The minimum absolute atomic E-state index is 0.0227. The maximum Gasteiger partial charge on any atom is 0.419 e. The second-order valence-corrected chi connectivity index (χ2v) is 7.27. The van der Waals surface area contributed by atoms with Gasteiger partial charge in [0, 0.05) is 37.1 Å². The van der Waals surface area contributed by atoms with Gasteiger partial charge in [0.1, 0.15) is 18.7 Å². The number of aromatic nitrogens is 4.